The number of nitrogens with one attached hydrogen (secondary N) is 1. The molecule has 6 nitrogen and oxygen atoms in total. The molecule has 1 rings (SSSR count). The zero-order valence-corrected chi connectivity index (χ0v) is 10.3. The number of nitrogens with zero attached hydrogens (tertiary/aromatic N) is 1. The van der Waals surface area contributed by atoms with Gasteiger partial charge in [0.1, 0.15) is 0 Å². The number of nitrogens with two attached hydrogens (primary N) is 2. The third kappa shape index (κ3) is 4.94. The molecule has 0 aliphatic rings. The van der Waals surface area contributed by atoms with Gasteiger partial charge >= 0.3 is 6.03 Å². The minimum Gasteiger partial charge on any atom is -0.351 e. The van der Waals surface area contributed by atoms with Crippen molar-refractivity contribution in [2.75, 3.05) is 13.6 Å². The number of amides is 3. The molecule has 5 N–H and O–H groups in total. The molecule has 0 unspecified atom stereocenters. The highest BCUT2D eigenvalue weighted by Gasteiger charge is 2.08. The van der Waals surface area contributed by atoms with E-state index in [4.69, 9.17) is 11.5 Å². The van der Waals surface area contributed by atoms with E-state index in [0.717, 1.165) is 11.1 Å². The van der Waals surface area contributed by atoms with Crippen LogP contribution >= 0.6 is 0 Å². The van der Waals surface area contributed by atoms with Crippen LogP contribution in [0.5, 0.6) is 0 Å². The molecule has 0 spiro atoms. The van der Waals surface area contributed by atoms with Crippen LogP contribution in [0, 0.1) is 0 Å². The molecule has 1 aromatic rings. The van der Waals surface area contributed by atoms with Gasteiger partial charge in [0.05, 0.1) is 6.54 Å². The van der Waals surface area contributed by atoms with Crippen molar-refractivity contribution in [1.82, 2.24) is 10.2 Å². The Bertz CT molecular complexity index is 434. The predicted octanol–water partition coefficient (Wildman–Crippen LogP) is -0.228. The lowest BCUT2D eigenvalue weighted by molar-refractivity contribution is -0.120. The zero-order chi connectivity index (χ0) is 13.5. The molecule has 0 aliphatic heterocycles. The number of imide groups is 1. The number of hydrogen-bond acceptors (Lipinski definition) is 4. The highest BCUT2D eigenvalue weighted by molar-refractivity contribution is 5.94. The SMILES string of the molecule is CN(CC(=O)NC(N)=O)Cc1cccc(CN)c1. The number of primary amides is 1. The van der Waals surface area contributed by atoms with Crippen molar-refractivity contribution in [3.63, 3.8) is 0 Å². The maximum Gasteiger partial charge on any atom is 0.318 e. The minimum absolute atomic E-state index is 0.107. The maximum atomic E-state index is 11.3. The standard InChI is InChI=1S/C12H18N4O2/c1-16(8-11(17)15-12(14)18)7-10-4-2-3-9(5-10)6-13/h2-5H,6-8,13H2,1H3,(H3,14,15,17,18). The molecular formula is C12H18N4O2. The van der Waals surface area contributed by atoms with Gasteiger partial charge in [-0.3, -0.25) is 15.0 Å². The Morgan fingerprint density at radius 1 is 1.33 bits per heavy atom. The Labute approximate surface area is 106 Å². The molecule has 0 saturated carbocycles. The van der Waals surface area contributed by atoms with Gasteiger partial charge in [-0.15, -0.1) is 0 Å². The summed E-state index contributed by atoms with van der Waals surface area (Å²) < 4.78 is 0. The summed E-state index contributed by atoms with van der Waals surface area (Å²) in [6, 6.07) is 6.99. The number of carbonyl (C=O) groups is 2. The van der Waals surface area contributed by atoms with Crippen molar-refractivity contribution in [2.45, 2.75) is 13.1 Å². The lowest BCUT2D eigenvalue weighted by Crippen LogP contribution is -2.41. The van der Waals surface area contributed by atoms with Crippen LogP contribution in [-0.2, 0) is 17.9 Å². The summed E-state index contributed by atoms with van der Waals surface area (Å²) in [7, 11) is 1.79. The van der Waals surface area contributed by atoms with Crippen molar-refractivity contribution in [1.29, 1.82) is 0 Å². The molecule has 0 radical (unpaired) electrons. The zero-order valence-electron chi connectivity index (χ0n) is 10.3. The first-order valence-corrected chi connectivity index (χ1v) is 5.57. The normalized spacial score (nSPS) is 10.4. The highest BCUT2D eigenvalue weighted by atomic mass is 16.2. The minimum atomic E-state index is -0.835. The van der Waals surface area contributed by atoms with Gasteiger partial charge in [0.25, 0.3) is 0 Å². The van der Waals surface area contributed by atoms with Crippen molar-refractivity contribution in [3.8, 4) is 0 Å². The molecule has 18 heavy (non-hydrogen) atoms. The molecule has 0 bridgehead atoms. The van der Waals surface area contributed by atoms with Gasteiger partial charge in [-0.2, -0.15) is 0 Å². The predicted molar refractivity (Wildman–Crippen MR) is 68.4 cm³/mol. The Morgan fingerprint density at radius 3 is 2.61 bits per heavy atom. The number of rotatable bonds is 5. The average molecular weight is 250 g/mol. The Morgan fingerprint density at radius 2 is 2.00 bits per heavy atom. The molecule has 1 aromatic carbocycles. The summed E-state index contributed by atoms with van der Waals surface area (Å²) in [5, 5.41) is 2.02. The van der Waals surface area contributed by atoms with E-state index < -0.39 is 11.9 Å². The Hall–Kier alpha value is -1.92. The quantitative estimate of drug-likeness (QED) is 0.672. The van der Waals surface area contributed by atoms with Crippen molar-refractivity contribution in [2.24, 2.45) is 11.5 Å². The third-order valence-corrected chi connectivity index (χ3v) is 2.36. The first kappa shape index (κ1) is 14.1. The van der Waals surface area contributed by atoms with Crippen LogP contribution < -0.4 is 16.8 Å². The summed E-state index contributed by atoms with van der Waals surface area (Å²) in [6.45, 7) is 1.19. The van der Waals surface area contributed by atoms with Gasteiger partial charge in [-0.05, 0) is 18.2 Å². The monoisotopic (exact) mass is 250 g/mol. The van der Waals surface area contributed by atoms with Gasteiger partial charge in [-0.1, -0.05) is 24.3 Å². The summed E-state index contributed by atoms with van der Waals surface area (Å²) in [4.78, 5) is 23.6. The molecule has 0 fully saturated rings. The molecule has 0 saturated heterocycles. The van der Waals surface area contributed by atoms with Crippen LogP contribution in [0.4, 0.5) is 4.79 Å². The second-order valence-electron chi connectivity index (χ2n) is 4.11. The van der Waals surface area contributed by atoms with E-state index in [1.54, 1.807) is 11.9 Å². The van der Waals surface area contributed by atoms with Gasteiger partial charge in [-0.25, -0.2) is 4.79 Å². The van der Waals surface area contributed by atoms with E-state index in [1.807, 2.05) is 29.6 Å². The smallest absolute Gasteiger partial charge is 0.318 e. The second kappa shape index (κ2) is 6.73. The number of urea groups is 1. The van der Waals surface area contributed by atoms with Gasteiger partial charge < -0.3 is 11.5 Å². The Balaban J connectivity index is 2.50. The Kier molecular flexibility index (Phi) is 5.29. The van der Waals surface area contributed by atoms with Gasteiger partial charge in [0.2, 0.25) is 5.91 Å². The number of carbonyl (C=O) groups excluding carboxylic acids is 2. The molecular weight excluding hydrogens is 232 g/mol. The van der Waals surface area contributed by atoms with E-state index >= 15 is 0 Å². The second-order valence-corrected chi connectivity index (χ2v) is 4.11. The van der Waals surface area contributed by atoms with Gasteiger partial charge in [0, 0.05) is 13.1 Å². The average Bonchev–Trinajstić information content (AvgIpc) is 2.27. The topological polar surface area (TPSA) is 101 Å². The van der Waals surface area contributed by atoms with E-state index in [-0.39, 0.29) is 6.54 Å². The summed E-state index contributed by atoms with van der Waals surface area (Å²) in [6.07, 6.45) is 0. The van der Waals surface area contributed by atoms with E-state index in [2.05, 4.69) is 0 Å². The fourth-order valence-electron chi connectivity index (χ4n) is 1.64. The highest BCUT2D eigenvalue weighted by Crippen LogP contribution is 2.06. The summed E-state index contributed by atoms with van der Waals surface area (Å²) in [5.74, 6) is -0.417. The molecule has 0 aromatic heterocycles. The molecule has 0 aliphatic carbocycles. The van der Waals surface area contributed by atoms with Crippen LogP contribution in [0.1, 0.15) is 11.1 Å². The first-order chi connectivity index (χ1) is 8.51. The van der Waals surface area contributed by atoms with E-state index in [9.17, 15) is 9.59 Å². The van der Waals surface area contributed by atoms with Crippen LogP contribution in [0.3, 0.4) is 0 Å². The lowest BCUT2D eigenvalue weighted by Gasteiger charge is -2.16. The first-order valence-electron chi connectivity index (χ1n) is 5.57. The molecule has 0 atom stereocenters. The fourth-order valence-corrected chi connectivity index (χ4v) is 1.64. The number of hydrogen-bond donors (Lipinski definition) is 3. The molecule has 3 amide bonds. The third-order valence-electron chi connectivity index (χ3n) is 2.36. The summed E-state index contributed by atoms with van der Waals surface area (Å²) in [5.41, 5.74) is 12.5. The van der Waals surface area contributed by atoms with Crippen LogP contribution in [0.2, 0.25) is 0 Å². The van der Waals surface area contributed by atoms with Gasteiger partial charge in [0.15, 0.2) is 0 Å². The van der Waals surface area contributed by atoms with E-state index in [1.165, 1.54) is 0 Å². The molecule has 0 heterocycles. The van der Waals surface area contributed by atoms with Crippen molar-refractivity contribution >= 4 is 11.9 Å². The van der Waals surface area contributed by atoms with Crippen molar-refractivity contribution < 1.29 is 9.59 Å². The maximum absolute atomic E-state index is 11.3. The van der Waals surface area contributed by atoms with Crippen molar-refractivity contribution in [3.05, 3.63) is 35.4 Å². The van der Waals surface area contributed by atoms with Crippen LogP contribution in [0.25, 0.3) is 0 Å². The number of benzene rings is 1. The molecule has 98 valence electrons. The van der Waals surface area contributed by atoms with Crippen LogP contribution in [0.15, 0.2) is 24.3 Å². The lowest BCUT2D eigenvalue weighted by atomic mass is 10.1. The molecule has 6 heteroatoms. The summed E-state index contributed by atoms with van der Waals surface area (Å²) >= 11 is 0. The largest absolute Gasteiger partial charge is 0.351 e. The van der Waals surface area contributed by atoms with Crippen LogP contribution in [-0.4, -0.2) is 30.4 Å². The number of likely N-dealkylation sites (N-methyl/N-ethyl adjacent to an activating group) is 1. The van der Waals surface area contributed by atoms with E-state index in [0.29, 0.717) is 13.1 Å². The fraction of sp³-hybridized carbons (Fsp3) is 0.333.